The number of carbonyl (C=O) groups excluding carboxylic acids is 2. The van der Waals surface area contributed by atoms with Gasteiger partial charge in [0.2, 0.25) is 0 Å². The normalized spacial score (nSPS) is 10.8. The number of ether oxygens (including phenoxy) is 1. The SMILES string of the molecule is COC(=O)c1c(-c2ccc(C(C)C)cc2)c(C=O)n(C)c1C. The minimum Gasteiger partial charge on any atom is -0.465 e. The average Bonchev–Trinajstić information content (AvgIpc) is 2.78. The van der Waals surface area contributed by atoms with Crippen LogP contribution in [0.15, 0.2) is 24.3 Å². The van der Waals surface area contributed by atoms with Crippen LogP contribution in [0.1, 0.15) is 51.9 Å². The molecule has 0 fully saturated rings. The van der Waals surface area contributed by atoms with Gasteiger partial charge in [-0.3, -0.25) is 4.79 Å². The van der Waals surface area contributed by atoms with Gasteiger partial charge in [0.15, 0.2) is 6.29 Å². The third-order valence-corrected chi connectivity index (χ3v) is 4.10. The van der Waals surface area contributed by atoms with E-state index in [-0.39, 0.29) is 0 Å². The van der Waals surface area contributed by atoms with E-state index in [9.17, 15) is 9.59 Å². The fourth-order valence-electron chi connectivity index (χ4n) is 2.64. The number of carbonyl (C=O) groups is 2. The summed E-state index contributed by atoms with van der Waals surface area (Å²) in [4.78, 5) is 23.6. The van der Waals surface area contributed by atoms with E-state index in [1.165, 1.54) is 12.7 Å². The van der Waals surface area contributed by atoms with Crippen LogP contribution in [0.3, 0.4) is 0 Å². The zero-order valence-corrected chi connectivity index (χ0v) is 13.6. The summed E-state index contributed by atoms with van der Waals surface area (Å²) in [5.41, 5.74) is 4.34. The number of esters is 1. The molecule has 4 nitrogen and oxygen atoms in total. The summed E-state index contributed by atoms with van der Waals surface area (Å²) < 4.78 is 6.61. The van der Waals surface area contributed by atoms with Crippen molar-refractivity contribution >= 4 is 12.3 Å². The summed E-state index contributed by atoms with van der Waals surface area (Å²) in [5, 5.41) is 0. The predicted molar refractivity (Wildman–Crippen MR) is 86.4 cm³/mol. The maximum absolute atomic E-state index is 12.1. The van der Waals surface area contributed by atoms with E-state index in [2.05, 4.69) is 13.8 Å². The molecule has 0 aliphatic carbocycles. The molecular weight excluding hydrogens is 278 g/mol. The average molecular weight is 299 g/mol. The molecule has 0 N–H and O–H groups in total. The Hall–Kier alpha value is -2.36. The summed E-state index contributed by atoms with van der Waals surface area (Å²) in [7, 11) is 3.12. The first-order valence-corrected chi connectivity index (χ1v) is 7.25. The Kier molecular flexibility index (Phi) is 4.50. The molecule has 1 aromatic carbocycles. The van der Waals surface area contributed by atoms with Crippen LogP contribution < -0.4 is 0 Å². The van der Waals surface area contributed by atoms with Crippen LogP contribution >= 0.6 is 0 Å². The third-order valence-electron chi connectivity index (χ3n) is 4.10. The summed E-state index contributed by atoms with van der Waals surface area (Å²) >= 11 is 0. The number of hydrogen-bond donors (Lipinski definition) is 0. The van der Waals surface area contributed by atoms with E-state index in [4.69, 9.17) is 4.74 Å². The molecule has 0 aliphatic rings. The van der Waals surface area contributed by atoms with E-state index >= 15 is 0 Å². The van der Waals surface area contributed by atoms with Gasteiger partial charge in [-0.2, -0.15) is 0 Å². The van der Waals surface area contributed by atoms with Gasteiger partial charge < -0.3 is 9.30 Å². The van der Waals surface area contributed by atoms with Gasteiger partial charge in [-0.15, -0.1) is 0 Å². The molecule has 0 saturated carbocycles. The van der Waals surface area contributed by atoms with Crippen molar-refractivity contribution < 1.29 is 14.3 Å². The lowest BCUT2D eigenvalue weighted by atomic mass is 9.96. The smallest absolute Gasteiger partial charge is 0.340 e. The molecule has 1 aromatic heterocycles. The molecule has 0 spiro atoms. The Balaban J connectivity index is 2.70. The zero-order chi connectivity index (χ0) is 16.4. The molecule has 4 heteroatoms. The second kappa shape index (κ2) is 6.18. The minimum atomic E-state index is -0.427. The van der Waals surface area contributed by atoms with Crippen molar-refractivity contribution in [3.63, 3.8) is 0 Å². The van der Waals surface area contributed by atoms with Gasteiger partial charge in [0.25, 0.3) is 0 Å². The first-order chi connectivity index (χ1) is 10.4. The van der Waals surface area contributed by atoms with Crippen molar-refractivity contribution in [1.82, 2.24) is 4.57 Å². The van der Waals surface area contributed by atoms with Gasteiger partial charge in [-0.1, -0.05) is 38.1 Å². The first kappa shape index (κ1) is 16.0. The Bertz CT molecular complexity index is 709. The van der Waals surface area contributed by atoms with Crippen LogP contribution in [0, 0.1) is 6.92 Å². The lowest BCUT2D eigenvalue weighted by Gasteiger charge is -2.08. The van der Waals surface area contributed by atoms with Crippen LogP contribution in [-0.2, 0) is 11.8 Å². The number of methoxy groups -OCH3 is 1. The van der Waals surface area contributed by atoms with Crippen molar-refractivity contribution in [2.24, 2.45) is 7.05 Å². The summed E-state index contributed by atoms with van der Waals surface area (Å²) in [5.74, 6) is 0.00122. The Morgan fingerprint density at radius 3 is 2.27 bits per heavy atom. The Morgan fingerprint density at radius 2 is 1.82 bits per heavy atom. The quantitative estimate of drug-likeness (QED) is 0.638. The van der Waals surface area contributed by atoms with E-state index in [1.807, 2.05) is 31.2 Å². The minimum absolute atomic E-state index is 0.427. The Labute approximate surface area is 130 Å². The summed E-state index contributed by atoms with van der Waals surface area (Å²) in [6.07, 6.45) is 0.783. The van der Waals surface area contributed by atoms with Crippen molar-refractivity contribution in [3.8, 4) is 11.1 Å². The number of rotatable bonds is 4. The topological polar surface area (TPSA) is 48.3 Å². The van der Waals surface area contributed by atoms with Crippen LogP contribution in [0.2, 0.25) is 0 Å². The van der Waals surface area contributed by atoms with Gasteiger partial charge in [-0.05, 0) is 24.0 Å². The first-order valence-electron chi connectivity index (χ1n) is 7.25. The summed E-state index contributed by atoms with van der Waals surface area (Å²) in [6.45, 7) is 6.06. The molecule has 0 atom stereocenters. The fourth-order valence-corrected chi connectivity index (χ4v) is 2.64. The zero-order valence-electron chi connectivity index (χ0n) is 13.6. The fraction of sp³-hybridized carbons (Fsp3) is 0.333. The van der Waals surface area contributed by atoms with Crippen molar-refractivity contribution in [2.45, 2.75) is 26.7 Å². The Morgan fingerprint density at radius 1 is 1.23 bits per heavy atom. The molecule has 0 saturated heterocycles. The van der Waals surface area contributed by atoms with Gasteiger partial charge in [-0.25, -0.2) is 4.79 Å². The molecule has 2 aromatic rings. The number of benzene rings is 1. The molecule has 0 amide bonds. The molecule has 0 bridgehead atoms. The monoisotopic (exact) mass is 299 g/mol. The number of nitrogens with zero attached hydrogens (tertiary/aromatic N) is 1. The van der Waals surface area contributed by atoms with E-state index in [0.717, 1.165) is 17.5 Å². The third kappa shape index (κ3) is 2.56. The maximum Gasteiger partial charge on any atom is 0.340 e. The highest BCUT2D eigenvalue weighted by Gasteiger charge is 2.25. The molecular formula is C18H21NO3. The molecule has 116 valence electrons. The van der Waals surface area contributed by atoms with Crippen molar-refractivity contribution in [3.05, 3.63) is 46.8 Å². The molecule has 1 heterocycles. The van der Waals surface area contributed by atoms with E-state index < -0.39 is 5.97 Å². The lowest BCUT2D eigenvalue weighted by Crippen LogP contribution is -2.04. The summed E-state index contributed by atoms with van der Waals surface area (Å²) in [6, 6.07) is 7.95. The van der Waals surface area contributed by atoms with E-state index in [1.54, 1.807) is 11.6 Å². The van der Waals surface area contributed by atoms with Crippen molar-refractivity contribution in [1.29, 1.82) is 0 Å². The van der Waals surface area contributed by atoms with Crippen LogP contribution in [0.5, 0.6) is 0 Å². The predicted octanol–water partition coefficient (Wildman–Crippen LogP) is 3.72. The second-order valence-corrected chi connectivity index (χ2v) is 5.67. The molecule has 0 radical (unpaired) electrons. The van der Waals surface area contributed by atoms with Gasteiger partial charge in [0.05, 0.1) is 18.4 Å². The van der Waals surface area contributed by atoms with Crippen LogP contribution in [-0.4, -0.2) is 23.9 Å². The van der Waals surface area contributed by atoms with Crippen LogP contribution in [0.25, 0.3) is 11.1 Å². The van der Waals surface area contributed by atoms with Gasteiger partial charge >= 0.3 is 5.97 Å². The second-order valence-electron chi connectivity index (χ2n) is 5.67. The van der Waals surface area contributed by atoms with E-state index in [0.29, 0.717) is 22.7 Å². The van der Waals surface area contributed by atoms with Gasteiger partial charge in [0, 0.05) is 18.3 Å². The van der Waals surface area contributed by atoms with Gasteiger partial charge in [0.1, 0.15) is 0 Å². The molecule has 0 unspecified atom stereocenters. The number of hydrogen-bond acceptors (Lipinski definition) is 3. The molecule has 22 heavy (non-hydrogen) atoms. The largest absolute Gasteiger partial charge is 0.465 e. The lowest BCUT2D eigenvalue weighted by molar-refractivity contribution is 0.0600. The highest BCUT2D eigenvalue weighted by atomic mass is 16.5. The number of aromatic nitrogens is 1. The highest BCUT2D eigenvalue weighted by molar-refractivity contribution is 6.03. The van der Waals surface area contributed by atoms with Crippen molar-refractivity contribution in [2.75, 3.05) is 7.11 Å². The standard InChI is InChI=1S/C18H21NO3/c1-11(2)13-6-8-14(9-7-13)17-15(10-20)19(4)12(3)16(17)18(21)22-5/h6-11H,1-5H3. The van der Waals surface area contributed by atoms with Crippen LogP contribution in [0.4, 0.5) is 0 Å². The highest BCUT2D eigenvalue weighted by Crippen LogP contribution is 2.32. The molecule has 2 rings (SSSR count). The number of aldehydes is 1. The maximum atomic E-state index is 12.1. The molecule has 0 aliphatic heterocycles.